The van der Waals surface area contributed by atoms with Gasteiger partial charge in [0.15, 0.2) is 0 Å². The van der Waals surface area contributed by atoms with E-state index in [4.69, 9.17) is 23.2 Å². The van der Waals surface area contributed by atoms with Crippen molar-refractivity contribution in [2.24, 2.45) is 0 Å². The van der Waals surface area contributed by atoms with Crippen LogP contribution in [0.25, 0.3) is 0 Å². The highest BCUT2D eigenvalue weighted by Crippen LogP contribution is 2.31. The molecule has 0 radical (unpaired) electrons. The van der Waals surface area contributed by atoms with Gasteiger partial charge in [-0.25, -0.2) is 18.4 Å². The number of sulfonamides is 1. The number of aromatic nitrogens is 2. The molecule has 20 heavy (non-hydrogen) atoms. The molecule has 1 heterocycles. The Morgan fingerprint density at radius 1 is 1.20 bits per heavy atom. The zero-order chi connectivity index (χ0) is 14.8. The van der Waals surface area contributed by atoms with Gasteiger partial charge < -0.3 is 5.11 Å². The van der Waals surface area contributed by atoms with Crippen LogP contribution < -0.4 is 4.72 Å². The molecule has 2 N–H and O–H groups in total. The molecule has 0 unspecified atom stereocenters. The lowest BCUT2D eigenvalue weighted by molar-refractivity contribution is 0.282. The van der Waals surface area contributed by atoms with E-state index in [0.717, 1.165) is 0 Å². The van der Waals surface area contributed by atoms with Gasteiger partial charge in [0.25, 0.3) is 10.0 Å². The van der Waals surface area contributed by atoms with Gasteiger partial charge in [0.1, 0.15) is 11.2 Å². The number of aliphatic hydroxyl groups is 1. The molecular formula is C11H9Cl2N3O3S. The van der Waals surface area contributed by atoms with Gasteiger partial charge in [0.2, 0.25) is 0 Å². The molecule has 9 heteroatoms. The molecule has 0 bridgehead atoms. The summed E-state index contributed by atoms with van der Waals surface area (Å²) >= 11 is 11.8. The van der Waals surface area contributed by atoms with Crippen molar-refractivity contribution in [3.8, 4) is 0 Å². The molecular weight excluding hydrogens is 325 g/mol. The van der Waals surface area contributed by atoms with Crippen molar-refractivity contribution in [1.29, 1.82) is 0 Å². The first-order valence-corrected chi connectivity index (χ1v) is 7.55. The van der Waals surface area contributed by atoms with Crippen molar-refractivity contribution >= 4 is 38.9 Å². The first-order chi connectivity index (χ1) is 9.45. The summed E-state index contributed by atoms with van der Waals surface area (Å²) in [6, 6.07) is 2.62. The second-order valence-corrected chi connectivity index (χ2v) is 6.16. The van der Waals surface area contributed by atoms with Crippen LogP contribution in [-0.4, -0.2) is 23.5 Å². The van der Waals surface area contributed by atoms with E-state index in [2.05, 4.69) is 14.7 Å². The third-order valence-corrected chi connectivity index (χ3v) is 4.73. The average molecular weight is 334 g/mol. The maximum Gasteiger partial charge on any atom is 0.263 e. The zero-order valence-corrected chi connectivity index (χ0v) is 12.2. The Morgan fingerprint density at radius 3 is 2.45 bits per heavy atom. The molecule has 0 fully saturated rings. The Labute approximate surface area is 125 Å². The van der Waals surface area contributed by atoms with Gasteiger partial charge >= 0.3 is 0 Å². The smallest absolute Gasteiger partial charge is 0.263 e. The molecule has 0 atom stereocenters. The molecule has 0 aliphatic rings. The van der Waals surface area contributed by atoms with Crippen LogP contribution >= 0.6 is 23.2 Å². The number of aliphatic hydroxyl groups excluding tert-OH is 1. The molecule has 0 aliphatic heterocycles. The average Bonchev–Trinajstić information content (AvgIpc) is 2.39. The van der Waals surface area contributed by atoms with Gasteiger partial charge in [-0.05, 0) is 12.1 Å². The Balaban J connectivity index is 2.45. The maximum atomic E-state index is 12.2. The SMILES string of the molecule is O=S(=O)(Nc1cncnc1)c1ccc(Cl)c(CO)c1Cl. The molecule has 6 nitrogen and oxygen atoms in total. The monoisotopic (exact) mass is 333 g/mol. The summed E-state index contributed by atoms with van der Waals surface area (Å²) < 4.78 is 26.7. The fourth-order valence-corrected chi connectivity index (χ4v) is 3.42. The van der Waals surface area contributed by atoms with Crippen molar-refractivity contribution in [2.75, 3.05) is 4.72 Å². The summed E-state index contributed by atoms with van der Waals surface area (Å²) in [5.41, 5.74) is 0.351. The highest BCUT2D eigenvalue weighted by molar-refractivity contribution is 7.92. The van der Waals surface area contributed by atoms with Gasteiger partial charge in [-0.1, -0.05) is 23.2 Å². The Morgan fingerprint density at radius 2 is 1.85 bits per heavy atom. The number of nitrogens with zero attached hydrogens (tertiary/aromatic N) is 2. The summed E-state index contributed by atoms with van der Waals surface area (Å²) in [6.07, 6.45) is 3.89. The van der Waals surface area contributed by atoms with Crippen molar-refractivity contribution < 1.29 is 13.5 Å². The molecule has 1 aromatic heterocycles. The van der Waals surface area contributed by atoms with Gasteiger partial charge in [-0.3, -0.25) is 4.72 Å². The molecule has 1 aromatic carbocycles. The summed E-state index contributed by atoms with van der Waals surface area (Å²) in [7, 11) is -3.93. The standard InChI is InChI=1S/C11H9Cl2N3O3S/c12-9-1-2-10(11(13)8(9)5-17)20(18,19)16-7-3-14-6-15-4-7/h1-4,6,16-17H,5H2. The second kappa shape index (κ2) is 5.92. The van der Waals surface area contributed by atoms with E-state index >= 15 is 0 Å². The molecule has 0 aliphatic carbocycles. The summed E-state index contributed by atoms with van der Waals surface area (Å²) in [5.74, 6) is 0. The molecule has 106 valence electrons. The number of anilines is 1. The number of benzene rings is 1. The third-order valence-electron chi connectivity index (χ3n) is 2.41. The van der Waals surface area contributed by atoms with Crippen molar-refractivity contribution in [3.63, 3.8) is 0 Å². The van der Waals surface area contributed by atoms with Crippen LogP contribution in [0.4, 0.5) is 5.69 Å². The van der Waals surface area contributed by atoms with Crippen LogP contribution in [-0.2, 0) is 16.6 Å². The lowest BCUT2D eigenvalue weighted by Crippen LogP contribution is -2.14. The van der Waals surface area contributed by atoms with E-state index in [1.807, 2.05) is 0 Å². The Kier molecular flexibility index (Phi) is 4.44. The van der Waals surface area contributed by atoms with E-state index in [0.29, 0.717) is 0 Å². The molecule has 0 saturated heterocycles. The molecule has 0 spiro atoms. The summed E-state index contributed by atoms with van der Waals surface area (Å²) in [4.78, 5) is 7.22. The van der Waals surface area contributed by atoms with E-state index < -0.39 is 16.6 Å². The number of nitrogens with one attached hydrogen (secondary N) is 1. The van der Waals surface area contributed by atoms with Crippen molar-refractivity contribution in [2.45, 2.75) is 11.5 Å². The van der Waals surface area contributed by atoms with E-state index in [1.165, 1.54) is 30.9 Å². The minimum Gasteiger partial charge on any atom is -0.392 e. The topological polar surface area (TPSA) is 92.2 Å². The van der Waals surface area contributed by atoms with Gasteiger partial charge in [-0.15, -0.1) is 0 Å². The lowest BCUT2D eigenvalue weighted by atomic mass is 10.2. The molecule has 2 rings (SSSR count). The largest absolute Gasteiger partial charge is 0.392 e. The third kappa shape index (κ3) is 3.01. The van der Waals surface area contributed by atoms with Crippen LogP contribution in [0.1, 0.15) is 5.56 Å². The van der Waals surface area contributed by atoms with Crippen LogP contribution in [0.5, 0.6) is 0 Å². The summed E-state index contributed by atoms with van der Waals surface area (Å²) in [5, 5.41) is 9.25. The van der Waals surface area contributed by atoms with Gasteiger partial charge in [0.05, 0.1) is 29.7 Å². The molecule has 0 amide bonds. The molecule has 0 saturated carbocycles. The summed E-state index contributed by atoms with van der Waals surface area (Å²) in [6.45, 7) is -0.463. The normalized spacial score (nSPS) is 11.3. The maximum absolute atomic E-state index is 12.2. The Bertz CT molecular complexity index is 723. The van der Waals surface area contributed by atoms with Gasteiger partial charge in [0, 0.05) is 10.6 Å². The number of hydrogen-bond donors (Lipinski definition) is 2. The zero-order valence-electron chi connectivity index (χ0n) is 9.92. The first kappa shape index (κ1) is 15.0. The van der Waals surface area contributed by atoms with E-state index in [9.17, 15) is 13.5 Å². The van der Waals surface area contributed by atoms with Crippen molar-refractivity contribution in [3.05, 3.63) is 46.5 Å². The fourth-order valence-electron chi connectivity index (χ4n) is 1.49. The number of rotatable bonds is 4. The van der Waals surface area contributed by atoms with Crippen LogP contribution in [0, 0.1) is 0 Å². The highest BCUT2D eigenvalue weighted by atomic mass is 35.5. The predicted octanol–water partition coefficient (Wildman–Crippen LogP) is 2.08. The molecule has 2 aromatic rings. The van der Waals surface area contributed by atoms with Crippen molar-refractivity contribution in [1.82, 2.24) is 9.97 Å². The van der Waals surface area contributed by atoms with E-state index in [1.54, 1.807) is 0 Å². The van der Waals surface area contributed by atoms with E-state index in [-0.39, 0.29) is 26.2 Å². The highest BCUT2D eigenvalue weighted by Gasteiger charge is 2.21. The fraction of sp³-hybridized carbons (Fsp3) is 0.0909. The second-order valence-electron chi connectivity index (χ2n) is 3.73. The first-order valence-electron chi connectivity index (χ1n) is 5.31. The lowest BCUT2D eigenvalue weighted by Gasteiger charge is -2.11. The van der Waals surface area contributed by atoms with Crippen LogP contribution in [0.15, 0.2) is 35.7 Å². The number of halogens is 2. The minimum atomic E-state index is -3.93. The Hall–Kier alpha value is -1.41. The number of hydrogen-bond acceptors (Lipinski definition) is 5. The minimum absolute atomic E-state index is 0.121. The van der Waals surface area contributed by atoms with Crippen LogP contribution in [0.2, 0.25) is 10.0 Å². The van der Waals surface area contributed by atoms with Gasteiger partial charge in [-0.2, -0.15) is 0 Å². The quantitative estimate of drug-likeness (QED) is 0.893. The van der Waals surface area contributed by atoms with Crippen LogP contribution in [0.3, 0.4) is 0 Å². The predicted molar refractivity (Wildman–Crippen MR) is 75.2 cm³/mol.